The summed E-state index contributed by atoms with van der Waals surface area (Å²) in [5.41, 5.74) is 1.92. The molecule has 0 aromatic heterocycles. The molecule has 0 bridgehead atoms. The zero-order valence-electron chi connectivity index (χ0n) is 12.4. The van der Waals surface area contributed by atoms with Gasteiger partial charge in [-0.3, -0.25) is 19.5 Å². The number of amidine groups is 1. The normalized spacial score (nSPS) is 15.9. The number of hydrogen-bond donors (Lipinski definition) is 1. The van der Waals surface area contributed by atoms with Crippen LogP contribution in [0.1, 0.15) is 19.4 Å². The maximum Gasteiger partial charge on any atom is 0.254 e. The zero-order valence-corrected chi connectivity index (χ0v) is 13.2. The van der Waals surface area contributed by atoms with Gasteiger partial charge in [0.2, 0.25) is 5.91 Å². The van der Waals surface area contributed by atoms with Crippen LogP contribution in [-0.4, -0.2) is 35.3 Å². The lowest BCUT2D eigenvalue weighted by Crippen LogP contribution is -2.35. The Morgan fingerprint density at radius 2 is 2.10 bits per heavy atom. The van der Waals surface area contributed by atoms with Crippen LogP contribution in [0.15, 0.2) is 29.3 Å². The number of amides is 2. The second-order valence-corrected chi connectivity index (χ2v) is 6.13. The van der Waals surface area contributed by atoms with Crippen molar-refractivity contribution in [3.63, 3.8) is 0 Å². The number of nitrogens with zero attached hydrogens (tertiary/aromatic N) is 2. The maximum absolute atomic E-state index is 12.0. The quantitative estimate of drug-likeness (QED) is 0.925. The number of aliphatic imine (C=N–C) groups is 1. The van der Waals surface area contributed by atoms with Crippen molar-refractivity contribution < 1.29 is 9.59 Å². The van der Waals surface area contributed by atoms with E-state index in [0.717, 1.165) is 11.3 Å². The fourth-order valence-corrected chi connectivity index (χ4v) is 2.91. The Kier molecular flexibility index (Phi) is 5.01. The maximum atomic E-state index is 12.0. The largest absolute Gasteiger partial charge is 0.355 e. The van der Waals surface area contributed by atoms with Gasteiger partial charge >= 0.3 is 0 Å². The molecule has 1 atom stereocenters. The summed E-state index contributed by atoms with van der Waals surface area (Å²) in [6.45, 7) is 6.42. The first-order valence-electron chi connectivity index (χ1n) is 6.91. The smallest absolute Gasteiger partial charge is 0.254 e. The Balaban J connectivity index is 2.13. The molecular formula is C15H19N3O2S. The number of benzene rings is 1. The van der Waals surface area contributed by atoms with Gasteiger partial charge in [0, 0.05) is 6.54 Å². The van der Waals surface area contributed by atoms with E-state index in [1.54, 1.807) is 4.90 Å². The van der Waals surface area contributed by atoms with Gasteiger partial charge in [-0.2, -0.15) is 0 Å². The van der Waals surface area contributed by atoms with E-state index in [-0.39, 0.29) is 23.6 Å². The lowest BCUT2D eigenvalue weighted by molar-refractivity contribution is -0.120. The van der Waals surface area contributed by atoms with E-state index in [4.69, 9.17) is 0 Å². The van der Waals surface area contributed by atoms with Crippen molar-refractivity contribution in [1.29, 1.82) is 0 Å². The molecule has 1 aromatic rings. The van der Waals surface area contributed by atoms with E-state index in [1.807, 2.05) is 45.0 Å². The number of rotatable bonds is 4. The first-order chi connectivity index (χ1) is 10.0. The van der Waals surface area contributed by atoms with Crippen LogP contribution in [0.25, 0.3) is 0 Å². The van der Waals surface area contributed by atoms with E-state index < -0.39 is 0 Å². The van der Waals surface area contributed by atoms with Gasteiger partial charge in [-0.25, -0.2) is 0 Å². The summed E-state index contributed by atoms with van der Waals surface area (Å²) in [6, 6.07) is 7.70. The molecule has 0 saturated heterocycles. The summed E-state index contributed by atoms with van der Waals surface area (Å²) < 4.78 is 0. The average molecular weight is 305 g/mol. The first-order valence-corrected chi connectivity index (χ1v) is 7.79. The number of hydrogen-bond acceptors (Lipinski definition) is 4. The van der Waals surface area contributed by atoms with E-state index in [1.165, 1.54) is 11.8 Å². The molecule has 0 radical (unpaired) electrons. The highest BCUT2D eigenvalue weighted by Crippen LogP contribution is 2.26. The third-order valence-corrected chi connectivity index (χ3v) is 4.17. The molecule has 2 amide bonds. The first kappa shape index (κ1) is 15.6. The highest BCUT2D eigenvalue weighted by Gasteiger charge is 2.30. The van der Waals surface area contributed by atoms with Crippen LogP contribution >= 0.6 is 11.8 Å². The summed E-state index contributed by atoms with van der Waals surface area (Å²) in [5, 5.41) is 3.07. The van der Waals surface area contributed by atoms with E-state index in [9.17, 15) is 9.59 Å². The van der Waals surface area contributed by atoms with Gasteiger partial charge < -0.3 is 5.32 Å². The topological polar surface area (TPSA) is 61.8 Å². The van der Waals surface area contributed by atoms with Crippen LogP contribution in [0.5, 0.6) is 0 Å². The molecule has 1 aromatic carbocycles. The van der Waals surface area contributed by atoms with Crippen LogP contribution in [0.4, 0.5) is 5.69 Å². The van der Waals surface area contributed by atoms with Gasteiger partial charge in [0.15, 0.2) is 5.17 Å². The molecule has 0 spiro atoms. The number of thioether (sulfide) groups is 1. The molecule has 21 heavy (non-hydrogen) atoms. The van der Waals surface area contributed by atoms with Crippen molar-refractivity contribution in [2.75, 3.05) is 18.0 Å². The molecule has 1 aliphatic rings. The van der Waals surface area contributed by atoms with Crippen molar-refractivity contribution in [3.8, 4) is 0 Å². The second-order valence-electron chi connectivity index (χ2n) is 4.82. The molecule has 5 nitrogen and oxygen atoms in total. The lowest BCUT2D eigenvalue weighted by Gasteiger charge is -2.20. The Morgan fingerprint density at radius 3 is 2.71 bits per heavy atom. The predicted octanol–water partition coefficient (Wildman–Crippen LogP) is 1.96. The molecule has 1 aliphatic heterocycles. The Bertz CT molecular complexity index is 569. The van der Waals surface area contributed by atoms with Crippen LogP contribution in [-0.2, 0) is 9.59 Å². The molecule has 0 saturated carbocycles. The fourth-order valence-electron chi connectivity index (χ4n) is 1.95. The number of aryl methyl sites for hydroxylation is 1. The third-order valence-electron chi connectivity index (χ3n) is 3.08. The van der Waals surface area contributed by atoms with Crippen LogP contribution in [0.3, 0.4) is 0 Å². The molecule has 0 unspecified atom stereocenters. The van der Waals surface area contributed by atoms with E-state index >= 15 is 0 Å². The second kappa shape index (κ2) is 6.76. The van der Waals surface area contributed by atoms with Gasteiger partial charge in [0.25, 0.3) is 5.91 Å². The summed E-state index contributed by atoms with van der Waals surface area (Å²) in [6.07, 6.45) is 0. The van der Waals surface area contributed by atoms with E-state index in [2.05, 4.69) is 10.3 Å². The molecular weight excluding hydrogens is 286 g/mol. The third kappa shape index (κ3) is 3.64. The van der Waals surface area contributed by atoms with Crippen LogP contribution in [0, 0.1) is 6.92 Å². The number of carbonyl (C=O) groups is 2. The average Bonchev–Trinajstić information content (AvgIpc) is 2.81. The molecule has 112 valence electrons. The molecule has 0 aliphatic carbocycles. The van der Waals surface area contributed by atoms with Crippen LogP contribution < -0.4 is 10.2 Å². The van der Waals surface area contributed by atoms with E-state index in [0.29, 0.717) is 11.7 Å². The van der Waals surface area contributed by atoms with Crippen molar-refractivity contribution in [1.82, 2.24) is 5.32 Å². The van der Waals surface area contributed by atoms with Gasteiger partial charge in [0.1, 0.15) is 6.54 Å². The molecule has 6 heteroatoms. The number of anilines is 1. The van der Waals surface area contributed by atoms with Crippen LogP contribution in [0.2, 0.25) is 0 Å². The fraction of sp³-hybridized carbons (Fsp3) is 0.400. The molecule has 1 heterocycles. The Labute approximate surface area is 128 Å². The summed E-state index contributed by atoms with van der Waals surface area (Å²) in [7, 11) is 0. The van der Waals surface area contributed by atoms with Gasteiger partial charge in [0.05, 0.1) is 10.9 Å². The van der Waals surface area contributed by atoms with Gasteiger partial charge in [-0.1, -0.05) is 29.5 Å². The minimum absolute atomic E-state index is 0.0478. The van der Waals surface area contributed by atoms with Crippen molar-refractivity contribution in [2.24, 2.45) is 4.99 Å². The molecule has 1 N–H and O–H groups in total. The minimum atomic E-state index is -0.289. The minimum Gasteiger partial charge on any atom is -0.355 e. The Hall–Kier alpha value is -1.82. The van der Waals surface area contributed by atoms with Gasteiger partial charge in [-0.05, 0) is 32.9 Å². The monoisotopic (exact) mass is 305 g/mol. The summed E-state index contributed by atoms with van der Waals surface area (Å²) in [5.74, 6) is -0.113. The standard InChI is InChI=1S/C15H19N3O2S/c1-4-16-14(20)11(3)21-15-17-9-13(19)18(15)12-7-5-10(2)6-8-12/h5-8,11H,4,9H2,1-3H3,(H,16,20)/t11-/m0/s1. The highest BCUT2D eigenvalue weighted by atomic mass is 32.2. The highest BCUT2D eigenvalue weighted by molar-refractivity contribution is 8.15. The predicted molar refractivity (Wildman–Crippen MR) is 86.7 cm³/mol. The van der Waals surface area contributed by atoms with Gasteiger partial charge in [-0.15, -0.1) is 0 Å². The SMILES string of the molecule is CCNC(=O)[C@H](C)SC1=NCC(=O)N1c1ccc(C)cc1. The zero-order chi connectivity index (χ0) is 15.4. The lowest BCUT2D eigenvalue weighted by atomic mass is 10.2. The molecule has 0 fully saturated rings. The van der Waals surface area contributed by atoms with Crippen molar-refractivity contribution in [2.45, 2.75) is 26.0 Å². The number of nitrogens with one attached hydrogen (secondary N) is 1. The number of carbonyl (C=O) groups excluding carboxylic acids is 2. The van der Waals surface area contributed by atoms with Crippen molar-refractivity contribution >= 4 is 34.4 Å². The summed E-state index contributed by atoms with van der Waals surface area (Å²) in [4.78, 5) is 29.7. The summed E-state index contributed by atoms with van der Waals surface area (Å²) >= 11 is 1.31. The molecule has 2 rings (SSSR count). The van der Waals surface area contributed by atoms with Crippen molar-refractivity contribution in [3.05, 3.63) is 29.8 Å². The Morgan fingerprint density at radius 1 is 1.43 bits per heavy atom.